The molecule has 2 aliphatic rings. The second kappa shape index (κ2) is 9.39. The molecule has 0 spiro atoms. The Balaban J connectivity index is 1.67. The summed E-state index contributed by atoms with van der Waals surface area (Å²) < 4.78 is 0. The van der Waals surface area contributed by atoms with Gasteiger partial charge in [0.1, 0.15) is 6.04 Å². The van der Waals surface area contributed by atoms with E-state index in [0.717, 1.165) is 36.1 Å². The lowest BCUT2D eigenvalue weighted by atomic mass is 9.84. The van der Waals surface area contributed by atoms with Crippen LogP contribution in [-0.2, 0) is 14.4 Å². The number of rotatable bonds is 8. The van der Waals surface area contributed by atoms with Gasteiger partial charge in [-0.15, -0.1) is 0 Å². The van der Waals surface area contributed by atoms with Crippen LogP contribution in [-0.4, -0.2) is 39.0 Å². The molecule has 3 N–H and O–H groups in total. The van der Waals surface area contributed by atoms with Crippen molar-refractivity contribution in [1.82, 2.24) is 4.90 Å². The van der Waals surface area contributed by atoms with E-state index in [1.54, 1.807) is 12.1 Å². The number of carbonyl (C=O) groups excluding carboxylic acids is 2. The summed E-state index contributed by atoms with van der Waals surface area (Å²) in [5.74, 6) is -1.98. The first-order valence-electron chi connectivity index (χ1n) is 10.5. The third-order valence-electron chi connectivity index (χ3n) is 6.40. The Hall–Kier alpha value is -2.41. The fraction of sp³-hybridized carbons (Fsp3) is 0.591. The standard InChI is InChI=1S/C22H30N2O5/c1-14(16-7-9-18(23-29)10-8-16)11-17-13-20(25)24(21(17)26)19(22(27)28)12-15-5-3-2-4-6-15/h7-10,14-15,17,19,23,29H,2-6,11-13H2,1H3,(H,27,28)/t14?,17-,19+/m1/s1. The molecule has 1 aromatic rings. The van der Waals surface area contributed by atoms with Crippen molar-refractivity contribution in [2.24, 2.45) is 11.8 Å². The normalized spacial score (nSPS) is 22.6. The van der Waals surface area contributed by atoms with E-state index in [4.69, 9.17) is 5.21 Å². The maximum absolute atomic E-state index is 13.0. The van der Waals surface area contributed by atoms with Crippen molar-refractivity contribution >= 4 is 23.5 Å². The molecule has 3 rings (SSSR count). The van der Waals surface area contributed by atoms with Gasteiger partial charge in [-0.3, -0.25) is 25.2 Å². The van der Waals surface area contributed by atoms with Gasteiger partial charge in [-0.25, -0.2) is 4.79 Å². The molecule has 1 aliphatic heterocycles. The summed E-state index contributed by atoms with van der Waals surface area (Å²) in [6, 6.07) is 6.17. The minimum atomic E-state index is -1.09. The molecule has 1 unspecified atom stereocenters. The second-order valence-electron chi connectivity index (χ2n) is 8.47. The largest absolute Gasteiger partial charge is 0.480 e. The van der Waals surface area contributed by atoms with Crippen molar-refractivity contribution in [3.63, 3.8) is 0 Å². The van der Waals surface area contributed by atoms with Crippen LogP contribution in [0.2, 0.25) is 0 Å². The predicted octanol–water partition coefficient (Wildman–Crippen LogP) is 3.78. The molecule has 2 fully saturated rings. The van der Waals surface area contributed by atoms with E-state index in [2.05, 4.69) is 5.48 Å². The summed E-state index contributed by atoms with van der Waals surface area (Å²) in [6.45, 7) is 1.98. The van der Waals surface area contributed by atoms with E-state index < -0.39 is 17.9 Å². The highest BCUT2D eigenvalue weighted by Crippen LogP contribution is 2.35. The van der Waals surface area contributed by atoms with Crippen LogP contribution >= 0.6 is 0 Å². The number of hydrogen-bond acceptors (Lipinski definition) is 5. The summed E-state index contributed by atoms with van der Waals surface area (Å²) >= 11 is 0. The fourth-order valence-electron chi connectivity index (χ4n) is 4.73. The number of hydrogen-bond donors (Lipinski definition) is 3. The zero-order chi connectivity index (χ0) is 21.0. The lowest BCUT2D eigenvalue weighted by Gasteiger charge is -2.29. The van der Waals surface area contributed by atoms with Gasteiger partial charge in [0.25, 0.3) is 0 Å². The lowest BCUT2D eigenvalue weighted by molar-refractivity contribution is -0.155. The first-order chi connectivity index (χ1) is 13.9. The van der Waals surface area contributed by atoms with Crippen LogP contribution in [0.3, 0.4) is 0 Å². The number of nitrogens with zero attached hydrogens (tertiary/aromatic N) is 1. The maximum atomic E-state index is 13.0. The predicted molar refractivity (Wildman–Crippen MR) is 107 cm³/mol. The molecule has 2 amide bonds. The van der Waals surface area contributed by atoms with Gasteiger partial charge < -0.3 is 5.11 Å². The summed E-state index contributed by atoms with van der Waals surface area (Å²) in [7, 11) is 0. The molecule has 158 valence electrons. The summed E-state index contributed by atoms with van der Waals surface area (Å²) in [5, 5.41) is 18.6. The van der Waals surface area contributed by atoms with Crippen LogP contribution in [0.5, 0.6) is 0 Å². The van der Waals surface area contributed by atoms with Gasteiger partial charge in [0.15, 0.2) is 0 Å². The van der Waals surface area contributed by atoms with Crippen molar-refractivity contribution in [2.75, 3.05) is 5.48 Å². The average molecular weight is 402 g/mol. The monoisotopic (exact) mass is 402 g/mol. The van der Waals surface area contributed by atoms with Crippen LogP contribution < -0.4 is 5.48 Å². The van der Waals surface area contributed by atoms with E-state index in [0.29, 0.717) is 18.5 Å². The molecule has 29 heavy (non-hydrogen) atoms. The molecule has 3 atom stereocenters. The fourth-order valence-corrected chi connectivity index (χ4v) is 4.73. The Morgan fingerprint density at radius 1 is 1.14 bits per heavy atom. The lowest BCUT2D eigenvalue weighted by Crippen LogP contribution is -2.46. The summed E-state index contributed by atoms with van der Waals surface area (Å²) in [5.41, 5.74) is 3.66. The number of carbonyl (C=O) groups is 3. The van der Waals surface area contributed by atoms with Gasteiger partial charge in [-0.1, -0.05) is 51.2 Å². The van der Waals surface area contributed by atoms with Crippen LogP contribution in [0.4, 0.5) is 5.69 Å². The van der Waals surface area contributed by atoms with Gasteiger partial charge in [0.2, 0.25) is 11.8 Å². The van der Waals surface area contributed by atoms with Crippen LogP contribution in [0.15, 0.2) is 24.3 Å². The topological polar surface area (TPSA) is 107 Å². The molecule has 1 saturated carbocycles. The molecular formula is C22H30N2O5. The van der Waals surface area contributed by atoms with Gasteiger partial charge in [-0.05, 0) is 42.4 Å². The number of aliphatic carboxylic acids is 1. The second-order valence-corrected chi connectivity index (χ2v) is 8.47. The van der Waals surface area contributed by atoms with Crippen molar-refractivity contribution in [2.45, 2.75) is 70.3 Å². The zero-order valence-electron chi connectivity index (χ0n) is 16.8. The number of likely N-dealkylation sites (tertiary alicyclic amines) is 1. The SMILES string of the molecule is CC(C[C@@H]1CC(=O)N([C@@H](CC2CCCCC2)C(=O)O)C1=O)c1ccc(NO)cc1. The number of benzene rings is 1. The molecular weight excluding hydrogens is 372 g/mol. The number of anilines is 1. The first kappa shape index (κ1) is 21.3. The van der Waals surface area contributed by atoms with E-state index in [-0.39, 0.29) is 30.1 Å². The quantitative estimate of drug-likeness (QED) is 0.451. The van der Waals surface area contributed by atoms with Crippen LogP contribution in [0.25, 0.3) is 0 Å². The minimum Gasteiger partial charge on any atom is -0.480 e. The van der Waals surface area contributed by atoms with Gasteiger partial charge >= 0.3 is 5.97 Å². The summed E-state index contributed by atoms with van der Waals surface area (Å²) in [4.78, 5) is 38.5. The van der Waals surface area contributed by atoms with Crippen molar-refractivity contribution in [3.8, 4) is 0 Å². The molecule has 1 saturated heterocycles. The van der Waals surface area contributed by atoms with Gasteiger partial charge in [-0.2, -0.15) is 0 Å². The average Bonchev–Trinajstić information content (AvgIpc) is 2.99. The van der Waals surface area contributed by atoms with E-state index in [9.17, 15) is 19.5 Å². The molecule has 0 radical (unpaired) electrons. The van der Waals surface area contributed by atoms with E-state index in [1.165, 1.54) is 6.42 Å². The van der Waals surface area contributed by atoms with Crippen LogP contribution in [0.1, 0.15) is 69.8 Å². The van der Waals surface area contributed by atoms with E-state index >= 15 is 0 Å². The molecule has 1 heterocycles. The third-order valence-corrected chi connectivity index (χ3v) is 6.40. The number of imide groups is 1. The number of amides is 2. The Morgan fingerprint density at radius 3 is 2.38 bits per heavy atom. The smallest absolute Gasteiger partial charge is 0.326 e. The number of carboxylic acids is 1. The number of carboxylic acid groups (broad SMARTS) is 1. The Kier molecular flexibility index (Phi) is 6.90. The highest BCUT2D eigenvalue weighted by molar-refractivity contribution is 6.06. The zero-order valence-corrected chi connectivity index (χ0v) is 16.8. The molecule has 7 heteroatoms. The van der Waals surface area contributed by atoms with Gasteiger partial charge in [0.05, 0.1) is 5.69 Å². The Morgan fingerprint density at radius 2 is 1.79 bits per heavy atom. The molecule has 0 bridgehead atoms. The molecule has 1 aromatic carbocycles. The van der Waals surface area contributed by atoms with Crippen LogP contribution in [0, 0.1) is 11.8 Å². The third kappa shape index (κ3) is 4.96. The highest BCUT2D eigenvalue weighted by Gasteiger charge is 2.45. The van der Waals surface area contributed by atoms with E-state index in [1.807, 2.05) is 19.1 Å². The Labute approximate surface area is 171 Å². The Bertz CT molecular complexity index is 742. The number of nitrogens with one attached hydrogen (secondary N) is 1. The minimum absolute atomic E-state index is 0.0334. The van der Waals surface area contributed by atoms with Crippen molar-refractivity contribution < 1.29 is 24.7 Å². The molecule has 1 aliphatic carbocycles. The van der Waals surface area contributed by atoms with Crippen molar-refractivity contribution in [3.05, 3.63) is 29.8 Å². The van der Waals surface area contributed by atoms with Gasteiger partial charge in [0, 0.05) is 12.3 Å². The maximum Gasteiger partial charge on any atom is 0.326 e. The molecule has 0 aromatic heterocycles. The molecule has 7 nitrogen and oxygen atoms in total. The summed E-state index contributed by atoms with van der Waals surface area (Å²) in [6.07, 6.45) is 6.22. The highest BCUT2D eigenvalue weighted by atomic mass is 16.5. The van der Waals surface area contributed by atoms with Crippen molar-refractivity contribution in [1.29, 1.82) is 0 Å². The first-order valence-corrected chi connectivity index (χ1v) is 10.5.